The first-order valence-electron chi connectivity index (χ1n) is 11.4. The SMILES string of the molecule is C/C=C/[C@@]1(c2cccc3c2NC(=O)C32OCCO2)C(=O)N(Cc2ccccc2)c2ccccc21. The Morgan fingerprint density at radius 2 is 1.56 bits per heavy atom. The lowest BCUT2D eigenvalue weighted by molar-refractivity contribution is -0.178. The lowest BCUT2D eigenvalue weighted by Crippen LogP contribution is -2.40. The summed E-state index contributed by atoms with van der Waals surface area (Å²) in [6.07, 6.45) is 3.83. The van der Waals surface area contributed by atoms with Crippen LogP contribution in [0.3, 0.4) is 0 Å². The van der Waals surface area contributed by atoms with E-state index < -0.39 is 11.2 Å². The Morgan fingerprint density at radius 3 is 2.32 bits per heavy atom. The van der Waals surface area contributed by atoms with Gasteiger partial charge in [-0.05, 0) is 24.1 Å². The van der Waals surface area contributed by atoms with Crippen LogP contribution in [0.5, 0.6) is 0 Å². The molecule has 1 spiro atoms. The quantitative estimate of drug-likeness (QED) is 0.601. The van der Waals surface area contributed by atoms with Gasteiger partial charge in [0, 0.05) is 16.8 Å². The molecule has 0 unspecified atom stereocenters. The summed E-state index contributed by atoms with van der Waals surface area (Å²) in [5.74, 6) is -1.87. The fourth-order valence-electron chi connectivity index (χ4n) is 5.47. The average molecular weight is 453 g/mol. The highest BCUT2D eigenvalue weighted by molar-refractivity contribution is 6.14. The molecule has 0 radical (unpaired) electrons. The predicted octanol–water partition coefficient (Wildman–Crippen LogP) is 4.25. The van der Waals surface area contributed by atoms with Crippen LogP contribution in [-0.2, 0) is 36.8 Å². The molecule has 0 aliphatic carbocycles. The lowest BCUT2D eigenvalue weighted by Gasteiger charge is -2.28. The number of ether oxygens (including phenoxy) is 2. The largest absolute Gasteiger partial charge is 0.336 e. The minimum absolute atomic E-state index is 0.0625. The van der Waals surface area contributed by atoms with Crippen molar-refractivity contribution in [1.82, 2.24) is 0 Å². The van der Waals surface area contributed by atoms with Crippen LogP contribution in [0.4, 0.5) is 11.4 Å². The van der Waals surface area contributed by atoms with Gasteiger partial charge in [-0.3, -0.25) is 9.59 Å². The molecule has 3 aromatic carbocycles. The van der Waals surface area contributed by atoms with E-state index in [0.29, 0.717) is 36.6 Å². The molecule has 0 aromatic heterocycles. The fraction of sp³-hybridized carbons (Fsp3) is 0.214. The van der Waals surface area contributed by atoms with Gasteiger partial charge in [0.2, 0.25) is 5.91 Å². The molecule has 1 N–H and O–H groups in total. The van der Waals surface area contributed by atoms with E-state index in [9.17, 15) is 9.59 Å². The van der Waals surface area contributed by atoms with Gasteiger partial charge in [0.1, 0.15) is 5.41 Å². The molecule has 3 aliphatic heterocycles. The molecule has 0 saturated carbocycles. The van der Waals surface area contributed by atoms with Crippen LogP contribution in [0.25, 0.3) is 0 Å². The van der Waals surface area contributed by atoms with Gasteiger partial charge < -0.3 is 19.7 Å². The van der Waals surface area contributed by atoms with E-state index in [0.717, 1.165) is 16.8 Å². The Morgan fingerprint density at radius 1 is 0.882 bits per heavy atom. The maximum atomic E-state index is 14.4. The summed E-state index contributed by atoms with van der Waals surface area (Å²) >= 11 is 0. The summed E-state index contributed by atoms with van der Waals surface area (Å²) in [6.45, 7) is 3.03. The van der Waals surface area contributed by atoms with Crippen LogP contribution in [-0.4, -0.2) is 25.0 Å². The summed E-state index contributed by atoms with van der Waals surface area (Å²) < 4.78 is 11.6. The second kappa shape index (κ2) is 7.65. The number of anilines is 2. The molecule has 3 heterocycles. The Bertz CT molecular complexity index is 1330. The van der Waals surface area contributed by atoms with E-state index in [4.69, 9.17) is 9.47 Å². The van der Waals surface area contributed by atoms with E-state index in [1.165, 1.54) is 0 Å². The van der Waals surface area contributed by atoms with Gasteiger partial charge in [-0.1, -0.05) is 78.9 Å². The summed E-state index contributed by atoms with van der Waals surface area (Å²) in [4.78, 5) is 29.2. The third-order valence-corrected chi connectivity index (χ3v) is 6.88. The Kier molecular flexibility index (Phi) is 4.69. The zero-order chi connectivity index (χ0) is 23.3. The summed E-state index contributed by atoms with van der Waals surface area (Å²) in [6, 6.07) is 23.4. The fourth-order valence-corrected chi connectivity index (χ4v) is 5.47. The van der Waals surface area contributed by atoms with Crippen molar-refractivity contribution in [2.24, 2.45) is 0 Å². The number of hydrogen-bond donors (Lipinski definition) is 1. The summed E-state index contributed by atoms with van der Waals surface area (Å²) in [5.41, 5.74) is 3.59. The molecule has 1 saturated heterocycles. The lowest BCUT2D eigenvalue weighted by atomic mass is 9.73. The molecule has 6 rings (SSSR count). The van der Waals surface area contributed by atoms with Crippen LogP contribution >= 0.6 is 0 Å². The van der Waals surface area contributed by atoms with Crippen LogP contribution in [0.2, 0.25) is 0 Å². The molecule has 170 valence electrons. The first-order chi connectivity index (χ1) is 16.6. The maximum Gasteiger partial charge on any atom is 0.289 e. The second-order valence-electron chi connectivity index (χ2n) is 8.70. The number of nitrogens with zero attached hydrogens (tertiary/aromatic N) is 1. The third kappa shape index (κ3) is 2.70. The van der Waals surface area contributed by atoms with Gasteiger partial charge in [-0.15, -0.1) is 0 Å². The number of amides is 2. The number of benzene rings is 3. The van der Waals surface area contributed by atoms with E-state index in [1.54, 1.807) is 0 Å². The highest BCUT2D eigenvalue weighted by atomic mass is 16.7. The van der Waals surface area contributed by atoms with Crippen LogP contribution < -0.4 is 10.2 Å². The zero-order valence-electron chi connectivity index (χ0n) is 18.8. The van der Waals surface area contributed by atoms with Gasteiger partial charge in [-0.2, -0.15) is 0 Å². The van der Waals surface area contributed by atoms with Crippen molar-refractivity contribution in [1.29, 1.82) is 0 Å². The normalized spacial score (nSPS) is 22.4. The first kappa shape index (κ1) is 20.8. The molecule has 2 amide bonds. The van der Waals surface area contributed by atoms with E-state index in [2.05, 4.69) is 5.32 Å². The second-order valence-corrected chi connectivity index (χ2v) is 8.70. The molecule has 34 heavy (non-hydrogen) atoms. The van der Waals surface area contributed by atoms with Crippen molar-refractivity contribution in [3.05, 3.63) is 107 Å². The van der Waals surface area contributed by atoms with E-state index in [1.807, 2.05) is 96.8 Å². The number of para-hydroxylation sites is 2. The molecular weight excluding hydrogens is 428 g/mol. The van der Waals surface area contributed by atoms with Gasteiger partial charge in [0.15, 0.2) is 0 Å². The predicted molar refractivity (Wildman–Crippen MR) is 128 cm³/mol. The monoisotopic (exact) mass is 452 g/mol. The molecule has 1 atom stereocenters. The highest BCUT2D eigenvalue weighted by Gasteiger charge is 2.57. The van der Waals surface area contributed by atoms with Crippen molar-refractivity contribution in [3.8, 4) is 0 Å². The van der Waals surface area contributed by atoms with E-state index >= 15 is 0 Å². The minimum Gasteiger partial charge on any atom is -0.336 e. The Balaban J connectivity index is 1.56. The van der Waals surface area contributed by atoms with Crippen LogP contribution in [0.15, 0.2) is 84.9 Å². The molecule has 6 heteroatoms. The number of carbonyl (C=O) groups excluding carboxylic acids is 2. The standard InChI is InChI=1S/C28H24N2O4/c1-2-15-27(21-12-8-13-22-24(21)29-25(31)28(22)33-16-17-34-28)20-11-6-7-14-23(20)30(26(27)32)18-19-9-4-3-5-10-19/h2-15H,16-18H2,1H3,(H,29,31)/b15-2+/t27-/m1/s1. The van der Waals surface area contributed by atoms with E-state index in [-0.39, 0.29) is 11.8 Å². The number of hydrogen-bond acceptors (Lipinski definition) is 4. The number of allylic oxidation sites excluding steroid dienone is 1. The minimum atomic E-state index is -1.45. The summed E-state index contributed by atoms with van der Waals surface area (Å²) in [5, 5.41) is 2.98. The number of rotatable bonds is 4. The van der Waals surface area contributed by atoms with Gasteiger partial charge in [-0.25, -0.2) is 0 Å². The third-order valence-electron chi connectivity index (χ3n) is 6.88. The highest BCUT2D eigenvalue weighted by Crippen LogP contribution is 2.53. The number of nitrogens with one attached hydrogen (secondary N) is 1. The van der Waals surface area contributed by atoms with Gasteiger partial charge in [0.05, 0.1) is 25.4 Å². The Hall–Kier alpha value is -3.74. The number of fused-ring (bicyclic) bond motifs is 3. The van der Waals surface area contributed by atoms with Crippen molar-refractivity contribution in [3.63, 3.8) is 0 Å². The zero-order valence-corrected chi connectivity index (χ0v) is 18.8. The van der Waals surface area contributed by atoms with Crippen molar-refractivity contribution >= 4 is 23.2 Å². The summed E-state index contributed by atoms with van der Waals surface area (Å²) in [7, 11) is 0. The molecule has 6 nitrogen and oxygen atoms in total. The number of carbonyl (C=O) groups is 2. The van der Waals surface area contributed by atoms with Crippen LogP contribution in [0.1, 0.15) is 29.2 Å². The maximum absolute atomic E-state index is 14.4. The molecular formula is C28H24N2O4. The molecule has 1 fully saturated rings. The Labute approximate surface area is 197 Å². The topological polar surface area (TPSA) is 67.9 Å². The van der Waals surface area contributed by atoms with Crippen molar-refractivity contribution in [2.45, 2.75) is 24.7 Å². The van der Waals surface area contributed by atoms with Crippen molar-refractivity contribution in [2.75, 3.05) is 23.4 Å². The van der Waals surface area contributed by atoms with Crippen LogP contribution in [0, 0.1) is 0 Å². The molecule has 3 aromatic rings. The van der Waals surface area contributed by atoms with Crippen molar-refractivity contribution < 1.29 is 19.1 Å². The molecule has 3 aliphatic rings. The average Bonchev–Trinajstić information content (AvgIpc) is 3.53. The smallest absolute Gasteiger partial charge is 0.289 e. The molecule has 0 bridgehead atoms. The van der Waals surface area contributed by atoms with Gasteiger partial charge in [0.25, 0.3) is 11.7 Å². The first-order valence-corrected chi connectivity index (χ1v) is 11.4. The van der Waals surface area contributed by atoms with Gasteiger partial charge >= 0.3 is 0 Å².